The van der Waals surface area contributed by atoms with Gasteiger partial charge in [0.05, 0.1) is 38.9 Å². The van der Waals surface area contributed by atoms with Gasteiger partial charge < -0.3 is 60.5 Å². The van der Waals surface area contributed by atoms with Gasteiger partial charge in [0.15, 0.2) is 16.8 Å². The number of carboxylic acid groups (broad SMARTS) is 7. The minimum absolute atomic E-state index is 0.0242. The molecule has 21 nitrogen and oxygen atoms in total. The molecule has 0 rings (SSSR count). The van der Waals surface area contributed by atoms with Crippen molar-refractivity contribution in [1.29, 1.82) is 0 Å². The van der Waals surface area contributed by atoms with Gasteiger partial charge in [-0.3, -0.25) is 28.8 Å². The van der Waals surface area contributed by atoms with E-state index in [1.807, 2.05) is 0 Å². The van der Waals surface area contributed by atoms with Crippen LogP contribution in [0.15, 0.2) is 0 Å². The average Bonchev–Trinajstić information content (AvgIpc) is 2.98. The smallest absolute Gasteiger partial charge is 0.339 e. The molecule has 0 aliphatic rings. The molecule has 0 aromatic carbocycles. The van der Waals surface area contributed by atoms with E-state index in [2.05, 4.69) is 9.47 Å². The molecule has 21 heteroatoms. The first kappa shape index (κ1) is 50.5. The number of hydrogen-bond donors (Lipinski definition) is 10. The molecular weight excluding hydrogens is 696 g/mol. The lowest BCUT2D eigenvalue weighted by Crippen LogP contribution is -2.58. The van der Waals surface area contributed by atoms with Crippen LogP contribution in [0.1, 0.15) is 92.9 Å². The maximum Gasteiger partial charge on any atom is 0.339 e. The van der Waals surface area contributed by atoms with Crippen molar-refractivity contribution in [2.24, 2.45) is 10.8 Å². The van der Waals surface area contributed by atoms with Crippen molar-refractivity contribution in [3.63, 3.8) is 0 Å². The molecule has 51 heavy (non-hydrogen) atoms. The minimum atomic E-state index is -2.83. The second-order valence-electron chi connectivity index (χ2n) is 11.0. The molecule has 0 bridgehead atoms. The monoisotopic (exact) mass is 744 g/mol. The summed E-state index contributed by atoms with van der Waals surface area (Å²) in [5, 5.41) is 91.7. The van der Waals surface area contributed by atoms with E-state index in [4.69, 9.17) is 35.7 Å². The molecule has 0 aromatic heterocycles. The van der Waals surface area contributed by atoms with E-state index in [1.54, 1.807) is 6.92 Å². The third-order valence-electron chi connectivity index (χ3n) is 8.18. The lowest BCUT2D eigenvalue weighted by Gasteiger charge is -2.39. The molecule has 0 amide bonds. The summed E-state index contributed by atoms with van der Waals surface area (Å²) in [4.78, 5) is 98.8. The zero-order chi connectivity index (χ0) is 41.2. The molecule has 0 heterocycles. The summed E-state index contributed by atoms with van der Waals surface area (Å²) in [6.07, 6.45) is -4.71. The van der Waals surface area contributed by atoms with Crippen molar-refractivity contribution in [3.8, 4) is 0 Å². The number of esters is 2. The van der Waals surface area contributed by atoms with Gasteiger partial charge in [0.2, 0.25) is 0 Å². The van der Waals surface area contributed by atoms with Gasteiger partial charge in [-0.25, -0.2) is 14.4 Å². The van der Waals surface area contributed by atoms with Gasteiger partial charge in [-0.15, -0.1) is 0 Å². The van der Waals surface area contributed by atoms with Crippen molar-refractivity contribution in [2.45, 2.75) is 110 Å². The van der Waals surface area contributed by atoms with Crippen LogP contribution in [-0.2, 0) is 52.6 Å². The molecule has 294 valence electrons. The Labute approximate surface area is 291 Å². The number of hydrogen-bond acceptors (Lipinski definition) is 14. The number of aliphatic hydroxyl groups is 3. The molecule has 0 saturated carbocycles. The summed E-state index contributed by atoms with van der Waals surface area (Å²) >= 11 is 0. The number of carbonyl (C=O) groups is 9. The Morgan fingerprint density at radius 1 is 0.431 bits per heavy atom. The molecule has 0 radical (unpaired) electrons. The number of carboxylic acids is 7. The van der Waals surface area contributed by atoms with Crippen LogP contribution >= 0.6 is 0 Å². The van der Waals surface area contributed by atoms with E-state index in [-0.39, 0.29) is 38.9 Å². The lowest BCUT2D eigenvalue weighted by atomic mass is 9.66. The molecule has 0 aromatic rings. The van der Waals surface area contributed by atoms with Crippen LogP contribution in [-0.4, -0.2) is 135 Å². The molecular formula is C30H48O21. The number of ether oxygens (including phenoxy) is 2. The Morgan fingerprint density at radius 2 is 0.725 bits per heavy atom. The fourth-order valence-corrected chi connectivity index (χ4v) is 5.14. The van der Waals surface area contributed by atoms with Crippen LogP contribution in [0.25, 0.3) is 0 Å². The topological polar surface area (TPSA) is 374 Å². The molecule has 0 aliphatic heterocycles. The summed E-state index contributed by atoms with van der Waals surface area (Å²) in [6.45, 7) is 8.69. The Hall–Kier alpha value is -4.89. The molecule has 3 atom stereocenters. The molecule has 0 aliphatic carbocycles. The number of aliphatic carboxylic acids is 7. The molecule has 0 fully saturated rings. The summed E-state index contributed by atoms with van der Waals surface area (Å²) in [7, 11) is 0. The van der Waals surface area contributed by atoms with Crippen molar-refractivity contribution in [1.82, 2.24) is 0 Å². The summed E-state index contributed by atoms with van der Waals surface area (Å²) in [5.41, 5.74) is -12.1. The van der Waals surface area contributed by atoms with Crippen molar-refractivity contribution in [3.05, 3.63) is 0 Å². The Kier molecular flexibility index (Phi) is 21.1. The minimum Gasteiger partial charge on any atom is -0.481 e. The normalized spacial score (nSPS) is 14.5. The van der Waals surface area contributed by atoms with Crippen molar-refractivity contribution in [2.75, 3.05) is 13.2 Å². The zero-order valence-corrected chi connectivity index (χ0v) is 29.0. The summed E-state index contributed by atoms with van der Waals surface area (Å²) < 4.78 is 9.07. The fraction of sp³-hybridized carbons (Fsp3) is 0.700. The predicted octanol–water partition coefficient (Wildman–Crippen LogP) is 0.0441. The Balaban J connectivity index is -0.000000678. The van der Waals surface area contributed by atoms with Crippen molar-refractivity contribution >= 4 is 53.7 Å². The lowest BCUT2D eigenvalue weighted by molar-refractivity contribution is -0.195. The standard InChI is InChI=1S/3C10H16O7/c1-3-16-8(13)6-10(15,5-7(11)12)9(14)17-4-2;2*1-3-9(4-2,7(13)14)10(17,8(15)16)5-6(11)12/h15H,3-6H2,1-2H3,(H,11,12);2*17H,3-5H2,1-2H3,(H,11,12)(H,13,14)(H,15,16). The SMILES string of the molecule is CCC(CC)(C(=O)O)C(O)(CC(=O)O)C(=O)O.CCC(CC)(C(=O)O)C(O)(CC(=O)O)C(=O)O.CCOC(=O)CC(O)(CC(=O)O)C(=O)OCC. The van der Waals surface area contributed by atoms with Crippen molar-refractivity contribution < 1.29 is 104 Å². The highest BCUT2D eigenvalue weighted by Crippen LogP contribution is 2.42. The second-order valence-corrected chi connectivity index (χ2v) is 11.0. The maximum absolute atomic E-state index is 11.4. The Morgan fingerprint density at radius 3 is 0.922 bits per heavy atom. The van der Waals surface area contributed by atoms with Gasteiger partial charge in [0.25, 0.3) is 0 Å². The van der Waals surface area contributed by atoms with Gasteiger partial charge in [-0.2, -0.15) is 0 Å². The second kappa shape index (κ2) is 21.4. The molecule has 0 spiro atoms. The van der Waals surface area contributed by atoms with Gasteiger partial charge in [0, 0.05) is 0 Å². The number of carbonyl (C=O) groups excluding carboxylic acids is 2. The first-order chi connectivity index (χ1) is 23.2. The fourth-order valence-electron chi connectivity index (χ4n) is 5.14. The van der Waals surface area contributed by atoms with Gasteiger partial charge in [-0.1, -0.05) is 27.7 Å². The van der Waals surface area contributed by atoms with Crippen LogP contribution in [0.5, 0.6) is 0 Å². The van der Waals surface area contributed by atoms with Crippen LogP contribution in [0, 0.1) is 10.8 Å². The van der Waals surface area contributed by atoms with Crippen LogP contribution < -0.4 is 0 Å². The first-order valence-electron chi connectivity index (χ1n) is 15.3. The van der Waals surface area contributed by atoms with Crippen LogP contribution in [0.4, 0.5) is 0 Å². The largest absolute Gasteiger partial charge is 0.481 e. The highest BCUT2D eigenvalue weighted by molar-refractivity contribution is 5.93. The van der Waals surface area contributed by atoms with Gasteiger partial charge in [-0.05, 0) is 39.5 Å². The van der Waals surface area contributed by atoms with Gasteiger partial charge >= 0.3 is 53.7 Å². The zero-order valence-electron chi connectivity index (χ0n) is 29.0. The van der Waals surface area contributed by atoms with Crippen LogP contribution in [0.3, 0.4) is 0 Å². The predicted molar refractivity (Wildman–Crippen MR) is 166 cm³/mol. The molecule has 0 saturated heterocycles. The summed E-state index contributed by atoms with van der Waals surface area (Å²) in [5.74, 6) is -13.3. The van der Waals surface area contributed by atoms with E-state index >= 15 is 0 Å². The first-order valence-corrected chi connectivity index (χ1v) is 15.3. The van der Waals surface area contributed by atoms with Gasteiger partial charge in [0.1, 0.15) is 10.8 Å². The molecule has 3 unspecified atom stereocenters. The van der Waals surface area contributed by atoms with E-state index in [9.17, 15) is 58.5 Å². The average molecular weight is 745 g/mol. The number of rotatable bonds is 21. The van der Waals surface area contributed by atoms with Crippen LogP contribution in [0.2, 0.25) is 0 Å². The molecule has 10 N–H and O–H groups in total. The Bertz CT molecular complexity index is 1200. The third-order valence-corrected chi connectivity index (χ3v) is 8.18. The van der Waals surface area contributed by atoms with E-state index < -0.39 is 107 Å². The van der Waals surface area contributed by atoms with E-state index in [1.165, 1.54) is 34.6 Å². The van der Waals surface area contributed by atoms with E-state index in [0.717, 1.165) is 0 Å². The van der Waals surface area contributed by atoms with E-state index in [0.29, 0.717) is 0 Å². The quantitative estimate of drug-likeness (QED) is 0.0693. The third kappa shape index (κ3) is 12.7. The summed E-state index contributed by atoms with van der Waals surface area (Å²) in [6, 6.07) is 0. The highest BCUT2D eigenvalue weighted by Gasteiger charge is 2.61. The highest BCUT2D eigenvalue weighted by atomic mass is 16.6. The maximum atomic E-state index is 11.4.